The molecule has 2 aromatic carbocycles. The summed E-state index contributed by atoms with van der Waals surface area (Å²) in [5.74, 6) is -1.11. The first-order valence-electron chi connectivity index (χ1n) is 12.8. The Labute approximate surface area is 234 Å². The molecule has 4 N–H and O–H groups in total. The minimum absolute atomic E-state index is 0.0383. The van der Waals surface area contributed by atoms with Crippen molar-refractivity contribution >= 4 is 16.9 Å². The van der Waals surface area contributed by atoms with Gasteiger partial charge in [0.1, 0.15) is 52.3 Å². The number of unbranched alkanes of at least 4 members (excludes halogenated alkanes) is 1. The number of hydrogen-bond acceptors (Lipinski definition) is 13. The number of carbonyl (C=O) groups is 1. The van der Waals surface area contributed by atoms with E-state index in [1.807, 2.05) is 6.92 Å². The Morgan fingerprint density at radius 2 is 1.66 bits per heavy atom. The molecule has 0 amide bonds. The summed E-state index contributed by atoms with van der Waals surface area (Å²) in [4.78, 5) is 25.7. The summed E-state index contributed by atoms with van der Waals surface area (Å²) in [5.41, 5.74) is -0.651. The Kier molecular flexibility index (Phi) is 9.23. The van der Waals surface area contributed by atoms with E-state index in [1.54, 1.807) is 12.1 Å². The van der Waals surface area contributed by atoms with Crippen molar-refractivity contribution in [2.45, 2.75) is 50.5 Å². The Morgan fingerprint density at radius 1 is 0.951 bits per heavy atom. The fourth-order valence-corrected chi connectivity index (χ4v) is 4.42. The lowest BCUT2D eigenvalue weighted by Crippen LogP contribution is -2.61. The van der Waals surface area contributed by atoms with Gasteiger partial charge in [-0.25, -0.2) is 4.79 Å². The van der Waals surface area contributed by atoms with E-state index in [9.17, 15) is 30.0 Å². The van der Waals surface area contributed by atoms with Crippen LogP contribution in [-0.4, -0.2) is 85.0 Å². The van der Waals surface area contributed by atoms with Gasteiger partial charge < -0.3 is 53.3 Å². The molecule has 1 fully saturated rings. The fraction of sp³-hybridized carbons (Fsp3) is 0.429. The number of aliphatic hydroxyl groups is 3. The van der Waals surface area contributed by atoms with Gasteiger partial charge in [0.25, 0.3) is 0 Å². The van der Waals surface area contributed by atoms with E-state index in [-0.39, 0.29) is 51.9 Å². The maximum atomic E-state index is 13.1. The molecule has 1 saturated heterocycles. The molecule has 222 valence electrons. The highest BCUT2D eigenvalue weighted by Crippen LogP contribution is 2.44. The summed E-state index contributed by atoms with van der Waals surface area (Å²) in [7, 11) is 4.06. The Bertz CT molecular complexity index is 1450. The van der Waals surface area contributed by atoms with E-state index in [0.717, 1.165) is 12.5 Å². The van der Waals surface area contributed by atoms with E-state index in [4.69, 9.17) is 32.8 Å². The zero-order valence-electron chi connectivity index (χ0n) is 22.9. The van der Waals surface area contributed by atoms with Gasteiger partial charge in [-0.15, -0.1) is 0 Å². The number of hydrogen-bond donors (Lipinski definition) is 4. The second kappa shape index (κ2) is 12.6. The van der Waals surface area contributed by atoms with Crippen molar-refractivity contribution in [1.29, 1.82) is 0 Å². The summed E-state index contributed by atoms with van der Waals surface area (Å²) in [6, 6.07) is 6.87. The van der Waals surface area contributed by atoms with E-state index in [1.165, 1.54) is 33.5 Å². The quantitative estimate of drug-likeness (QED) is 0.202. The van der Waals surface area contributed by atoms with Crippen molar-refractivity contribution in [3.8, 4) is 40.1 Å². The third-order valence-corrected chi connectivity index (χ3v) is 6.57. The van der Waals surface area contributed by atoms with Crippen molar-refractivity contribution in [3.63, 3.8) is 0 Å². The normalized spacial score (nSPS) is 22.3. The predicted molar refractivity (Wildman–Crippen MR) is 142 cm³/mol. The van der Waals surface area contributed by atoms with Crippen LogP contribution in [-0.2, 0) is 14.3 Å². The second-order valence-electron chi connectivity index (χ2n) is 9.18. The van der Waals surface area contributed by atoms with Crippen molar-refractivity contribution in [3.05, 3.63) is 40.6 Å². The molecule has 2 heterocycles. The highest BCUT2D eigenvalue weighted by atomic mass is 16.7. The third-order valence-electron chi connectivity index (χ3n) is 6.57. The van der Waals surface area contributed by atoms with Crippen LogP contribution in [0.3, 0.4) is 0 Å². The van der Waals surface area contributed by atoms with Gasteiger partial charge in [0.2, 0.25) is 12.0 Å². The minimum Gasteiger partial charge on any atom is -0.507 e. The monoisotopic (exact) mass is 576 g/mol. The summed E-state index contributed by atoms with van der Waals surface area (Å²) >= 11 is 0. The summed E-state index contributed by atoms with van der Waals surface area (Å²) < 4.78 is 38.7. The van der Waals surface area contributed by atoms with Crippen molar-refractivity contribution in [2.24, 2.45) is 0 Å². The van der Waals surface area contributed by atoms with Crippen molar-refractivity contribution in [1.82, 2.24) is 0 Å². The SMILES string of the molecule is CCCCOC(=O)[C@H]1O[C@@H](Oc2cccc(OC)c2-c2cc(=O)c3c(O)cc(OC)c(OC)c3o2)[C@H](O)[C@@H](O)[C@@H]1O. The predicted octanol–water partition coefficient (Wildman–Crippen LogP) is 1.72. The van der Waals surface area contributed by atoms with Crippen LogP contribution in [0.2, 0.25) is 0 Å². The maximum Gasteiger partial charge on any atom is 0.338 e. The van der Waals surface area contributed by atoms with Gasteiger partial charge in [-0.05, 0) is 18.6 Å². The molecule has 1 aliphatic rings. The molecule has 13 nitrogen and oxygen atoms in total. The number of esters is 1. The van der Waals surface area contributed by atoms with Gasteiger partial charge in [-0.1, -0.05) is 19.4 Å². The highest BCUT2D eigenvalue weighted by molar-refractivity contribution is 5.92. The van der Waals surface area contributed by atoms with Crippen LogP contribution in [0.25, 0.3) is 22.3 Å². The van der Waals surface area contributed by atoms with Gasteiger partial charge in [-0.3, -0.25) is 4.79 Å². The molecule has 0 saturated carbocycles. The standard InChI is InChI=1S/C28H32O13/c1-5-6-10-38-27(34)26-22(32)21(31)23(33)28(41-26)40-16-9-7-8-15(35-2)20(16)17-11-13(29)19-14(30)12-18(36-3)24(37-4)25(19)39-17/h7-9,11-12,21-23,26,28,30-33H,5-6,10H2,1-4H3/t21-,22-,23+,26-,28+/m0/s1. The van der Waals surface area contributed by atoms with E-state index in [0.29, 0.717) is 6.42 Å². The maximum absolute atomic E-state index is 13.1. The van der Waals surface area contributed by atoms with Gasteiger partial charge in [-0.2, -0.15) is 0 Å². The third kappa shape index (κ3) is 5.75. The molecule has 4 rings (SSSR count). The number of methoxy groups -OCH3 is 3. The first kappa shape index (κ1) is 29.9. The largest absolute Gasteiger partial charge is 0.507 e. The average Bonchev–Trinajstić information content (AvgIpc) is 2.96. The lowest BCUT2D eigenvalue weighted by molar-refractivity contribution is -0.272. The molecule has 0 radical (unpaired) electrons. The lowest BCUT2D eigenvalue weighted by atomic mass is 9.99. The Hall–Kier alpha value is -4.04. The summed E-state index contributed by atoms with van der Waals surface area (Å²) in [6.07, 6.45) is -7.35. The number of carbonyl (C=O) groups excluding carboxylic acids is 1. The van der Waals surface area contributed by atoms with Crippen LogP contribution in [0, 0.1) is 0 Å². The lowest BCUT2D eigenvalue weighted by Gasteiger charge is -2.39. The number of ether oxygens (including phenoxy) is 6. The molecule has 0 unspecified atom stereocenters. The number of fused-ring (bicyclic) bond motifs is 1. The molecule has 13 heteroatoms. The molecule has 0 aliphatic carbocycles. The first-order chi connectivity index (χ1) is 19.7. The molecule has 5 atom stereocenters. The Balaban J connectivity index is 1.78. The van der Waals surface area contributed by atoms with E-state index < -0.39 is 47.9 Å². The summed E-state index contributed by atoms with van der Waals surface area (Å²) in [6.45, 7) is 1.99. The smallest absolute Gasteiger partial charge is 0.338 e. The van der Waals surface area contributed by atoms with E-state index >= 15 is 0 Å². The number of aliphatic hydroxyl groups excluding tert-OH is 3. The van der Waals surface area contributed by atoms with E-state index in [2.05, 4.69) is 0 Å². The van der Waals surface area contributed by atoms with Crippen LogP contribution < -0.4 is 24.4 Å². The van der Waals surface area contributed by atoms with Crippen LogP contribution in [0.4, 0.5) is 0 Å². The van der Waals surface area contributed by atoms with Gasteiger partial charge >= 0.3 is 5.97 Å². The molecule has 1 aromatic heterocycles. The number of rotatable bonds is 10. The summed E-state index contributed by atoms with van der Waals surface area (Å²) in [5, 5.41) is 41.8. The van der Waals surface area contributed by atoms with Crippen molar-refractivity contribution in [2.75, 3.05) is 27.9 Å². The average molecular weight is 577 g/mol. The molecule has 3 aromatic rings. The van der Waals surface area contributed by atoms with Crippen LogP contribution in [0.1, 0.15) is 19.8 Å². The van der Waals surface area contributed by atoms with Crippen LogP contribution in [0.5, 0.6) is 28.7 Å². The van der Waals surface area contributed by atoms with Crippen molar-refractivity contribution < 1.29 is 58.1 Å². The topological polar surface area (TPSA) is 184 Å². The molecular formula is C28H32O13. The number of phenols is 1. The zero-order valence-corrected chi connectivity index (χ0v) is 22.9. The highest BCUT2D eigenvalue weighted by Gasteiger charge is 2.49. The molecule has 1 aliphatic heterocycles. The zero-order chi connectivity index (χ0) is 29.8. The number of benzene rings is 2. The minimum atomic E-state index is -1.81. The van der Waals surface area contributed by atoms with Gasteiger partial charge in [0.05, 0.1) is 27.9 Å². The number of phenolic OH excluding ortho intramolecular Hbond substituents is 1. The second-order valence-corrected chi connectivity index (χ2v) is 9.18. The molecule has 41 heavy (non-hydrogen) atoms. The molecular weight excluding hydrogens is 544 g/mol. The Morgan fingerprint density at radius 3 is 2.32 bits per heavy atom. The van der Waals surface area contributed by atoms with Gasteiger partial charge in [0, 0.05) is 12.1 Å². The number of aromatic hydroxyl groups is 1. The fourth-order valence-electron chi connectivity index (χ4n) is 4.42. The van der Waals surface area contributed by atoms with Crippen LogP contribution in [0.15, 0.2) is 39.5 Å². The molecule has 0 spiro atoms. The first-order valence-corrected chi connectivity index (χ1v) is 12.8. The van der Waals surface area contributed by atoms with Crippen LogP contribution >= 0.6 is 0 Å². The molecule has 0 bridgehead atoms. The van der Waals surface area contributed by atoms with Gasteiger partial charge in [0.15, 0.2) is 22.9 Å².